The molecule has 0 unspecified atom stereocenters. The van der Waals surface area contributed by atoms with Gasteiger partial charge in [-0.15, -0.1) is 0 Å². The van der Waals surface area contributed by atoms with E-state index in [4.69, 9.17) is 0 Å². The monoisotopic (exact) mass is 192 g/mol. The fourth-order valence-electron chi connectivity index (χ4n) is 0.835. The third kappa shape index (κ3) is 4.47. The summed E-state index contributed by atoms with van der Waals surface area (Å²) in [4.78, 5) is 0. The van der Waals surface area contributed by atoms with Crippen LogP contribution in [0.5, 0.6) is 0 Å². The van der Waals surface area contributed by atoms with Crippen LogP contribution in [0, 0.1) is 0 Å². The van der Waals surface area contributed by atoms with E-state index in [9.17, 15) is 0 Å². The van der Waals surface area contributed by atoms with Crippen LogP contribution in [0.25, 0.3) is 0 Å². The fraction of sp³-hybridized carbons (Fsp3) is 0.300. The number of nitrogens with one attached hydrogen (secondary N) is 1. The second kappa shape index (κ2) is 4.23. The maximum Gasteiger partial charge on any atom is 0.174 e. The lowest BCUT2D eigenvalue weighted by molar-refractivity contribution is 1.55. The van der Waals surface area contributed by atoms with E-state index >= 15 is 0 Å². The van der Waals surface area contributed by atoms with Crippen LogP contribution >= 0.6 is 0 Å². The topological polar surface area (TPSA) is 24.4 Å². The molecule has 0 aliphatic rings. The highest BCUT2D eigenvalue weighted by molar-refractivity contribution is 6.75. The van der Waals surface area contributed by atoms with E-state index in [2.05, 4.69) is 29.6 Å². The number of para-hydroxylation sites is 1. The van der Waals surface area contributed by atoms with Gasteiger partial charge in [-0.25, -0.2) is 0 Å². The lowest BCUT2D eigenvalue weighted by Gasteiger charge is -2.07. The molecule has 0 aliphatic carbocycles. The number of benzene rings is 1. The van der Waals surface area contributed by atoms with Crippen molar-refractivity contribution >= 4 is 20.3 Å². The molecule has 13 heavy (non-hydrogen) atoms. The molecule has 0 saturated heterocycles. The summed E-state index contributed by atoms with van der Waals surface area (Å²) in [6.45, 7) is 6.61. The number of rotatable bonds is 3. The maximum atomic E-state index is 4.45. The molecule has 1 rings (SSSR count). The van der Waals surface area contributed by atoms with E-state index in [1.54, 1.807) is 0 Å². The third-order valence-corrected chi connectivity index (χ3v) is 2.36. The normalized spacial score (nSPS) is 11.9. The minimum Gasteiger partial charge on any atom is -0.347 e. The SMILES string of the molecule is C[Si](C)(C)/N=C\Nc1ccccc1. The Labute approximate surface area is 80.8 Å². The number of hydrogen-bond acceptors (Lipinski definition) is 1. The average molecular weight is 192 g/mol. The molecule has 2 nitrogen and oxygen atoms in total. The van der Waals surface area contributed by atoms with E-state index in [0.717, 1.165) is 5.69 Å². The smallest absolute Gasteiger partial charge is 0.174 e. The van der Waals surface area contributed by atoms with Gasteiger partial charge < -0.3 is 9.97 Å². The summed E-state index contributed by atoms with van der Waals surface area (Å²) in [6.07, 6.45) is 1.81. The molecular formula is C10H16N2Si. The molecule has 0 bridgehead atoms. The quantitative estimate of drug-likeness (QED) is 0.444. The summed E-state index contributed by atoms with van der Waals surface area (Å²) in [5.41, 5.74) is 1.09. The Bertz CT molecular complexity index is 275. The predicted octanol–water partition coefficient (Wildman–Crippen LogP) is 2.96. The van der Waals surface area contributed by atoms with Crippen molar-refractivity contribution in [3.8, 4) is 0 Å². The summed E-state index contributed by atoms with van der Waals surface area (Å²) in [6, 6.07) is 10.1. The van der Waals surface area contributed by atoms with Crippen LogP contribution < -0.4 is 5.32 Å². The van der Waals surface area contributed by atoms with Crippen molar-refractivity contribution in [3.63, 3.8) is 0 Å². The van der Waals surface area contributed by atoms with Crippen LogP contribution in [-0.4, -0.2) is 14.6 Å². The van der Waals surface area contributed by atoms with E-state index in [1.165, 1.54) is 0 Å². The van der Waals surface area contributed by atoms with Crippen molar-refractivity contribution in [2.45, 2.75) is 19.6 Å². The van der Waals surface area contributed by atoms with Gasteiger partial charge in [-0.1, -0.05) is 18.2 Å². The van der Waals surface area contributed by atoms with Gasteiger partial charge in [-0.3, -0.25) is 0 Å². The first-order valence-corrected chi connectivity index (χ1v) is 7.88. The molecule has 0 radical (unpaired) electrons. The van der Waals surface area contributed by atoms with Crippen LogP contribution in [0.15, 0.2) is 35.0 Å². The molecule has 1 N–H and O–H groups in total. The Hall–Kier alpha value is -1.09. The lowest BCUT2D eigenvalue weighted by Crippen LogP contribution is -2.17. The molecule has 1 aromatic carbocycles. The predicted molar refractivity (Wildman–Crippen MR) is 61.9 cm³/mol. The van der Waals surface area contributed by atoms with Crippen molar-refractivity contribution in [1.29, 1.82) is 0 Å². The molecule has 0 amide bonds. The van der Waals surface area contributed by atoms with Gasteiger partial charge in [0.2, 0.25) is 0 Å². The van der Waals surface area contributed by atoms with Gasteiger partial charge >= 0.3 is 0 Å². The zero-order valence-corrected chi connectivity index (χ0v) is 9.41. The highest BCUT2D eigenvalue weighted by atomic mass is 28.3. The first-order valence-electron chi connectivity index (χ1n) is 4.43. The first kappa shape index (κ1) is 9.99. The second-order valence-corrected chi connectivity index (χ2v) is 8.54. The Kier molecular flexibility index (Phi) is 3.25. The lowest BCUT2D eigenvalue weighted by atomic mass is 10.3. The molecule has 0 aliphatic heterocycles. The molecule has 0 saturated carbocycles. The summed E-state index contributed by atoms with van der Waals surface area (Å²) < 4.78 is 4.45. The fourth-order valence-corrected chi connectivity index (χ4v) is 1.29. The van der Waals surface area contributed by atoms with Gasteiger partial charge in [0, 0.05) is 5.69 Å². The zero-order chi connectivity index (χ0) is 9.73. The van der Waals surface area contributed by atoms with Crippen LogP contribution in [-0.2, 0) is 0 Å². The van der Waals surface area contributed by atoms with E-state index < -0.39 is 8.24 Å². The molecular weight excluding hydrogens is 176 g/mol. The second-order valence-electron chi connectivity index (χ2n) is 3.94. The Morgan fingerprint density at radius 2 is 1.77 bits per heavy atom. The number of anilines is 1. The molecule has 0 atom stereocenters. The molecule has 1 aromatic rings. The van der Waals surface area contributed by atoms with Gasteiger partial charge in [-0.2, -0.15) is 0 Å². The molecule has 0 heterocycles. The van der Waals surface area contributed by atoms with E-state index in [-0.39, 0.29) is 0 Å². The zero-order valence-electron chi connectivity index (χ0n) is 8.41. The summed E-state index contributed by atoms with van der Waals surface area (Å²) >= 11 is 0. The Morgan fingerprint density at radius 3 is 2.31 bits per heavy atom. The summed E-state index contributed by atoms with van der Waals surface area (Å²) in [5.74, 6) is 0. The van der Waals surface area contributed by atoms with Gasteiger partial charge in [0.05, 0.1) is 6.34 Å². The summed E-state index contributed by atoms with van der Waals surface area (Å²) in [5, 5.41) is 3.14. The highest BCUT2D eigenvalue weighted by Crippen LogP contribution is 2.04. The van der Waals surface area contributed by atoms with Gasteiger partial charge in [0.15, 0.2) is 8.24 Å². The summed E-state index contributed by atoms with van der Waals surface area (Å²) in [7, 11) is -1.30. The molecule has 3 heteroatoms. The van der Waals surface area contributed by atoms with Crippen LogP contribution in [0.3, 0.4) is 0 Å². The van der Waals surface area contributed by atoms with E-state index in [1.807, 2.05) is 36.7 Å². The first-order chi connectivity index (χ1) is 6.08. The highest BCUT2D eigenvalue weighted by Gasteiger charge is 2.08. The van der Waals surface area contributed by atoms with Gasteiger partial charge in [-0.05, 0) is 31.8 Å². The van der Waals surface area contributed by atoms with Crippen LogP contribution in [0.4, 0.5) is 5.69 Å². The Balaban J connectivity index is 2.49. The van der Waals surface area contributed by atoms with Crippen molar-refractivity contribution in [2.75, 3.05) is 5.32 Å². The van der Waals surface area contributed by atoms with Gasteiger partial charge in [0.1, 0.15) is 0 Å². The standard InChI is InChI=1S/C10H16N2Si/c1-13(2,3)12-9-11-10-7-5-4-6-8-10/h4-9H,1-3H3,(H,11,12). The number of nitrogens with zero attached hydrogens (tertiary/aromatic N) is 1. The van der Waals surface area contributed by atoms with Crippen molar-refractivity contribution in [2.24, 2.45) is 4.66 Å². The largest absolute Gasteiger partial charge is 0.347 e. The minimum absolute atomic E-state index is 1.09. The van der Waals surface area contributed by atoms with Crippen LogP contribution in [0.1, 0.15) is 0 Å². The molecule has 0 fully saturated rings. The Morgan fingerprint density at radius 1 is 1.15 bits per heavy atom. The van der Waals surface area contributed by atoms with Crippen molar-refractivity contribution < 1.29 is 0 Å². The van der Waals surface area contributed by atoms with Crippen LogP contribution in [0.2, 0.25) is 19.6 Å². The van der Waals surface area contributed by atoms with Gasteiger partial charge in [0.25, 0.3) is 0 Å². The number of hydrogen-bond donors (Lipinski definition) is 1. The maximum absolute atomic E-state index is 4.45. The average Bonchev–Trinajstić information content (AvgIpc) is 2.04. The minimum atomic E-state index is -1.30. The third-order valence-electron chi connectivity index (χ3n) is 1.46. The van der Waals surface area contributed by atoms with Crippen molar-refractivity contribution in [3.05, 3.63) is 30.3 Å². The van der Waals surface area contributed by atoms with Crippen molar-refractivity contribution in [1.82, 2.24) is 0 Å². The molecule has 0 aromatic heterocycles. The molecule has 0 spiro atoms. The van der Waals surface area contributed by atoms with E-state index in [0.29, 0.717) is 0 Å². The molecule has 70 valence electrons.